The van der Waals surface area contributed by atoms with Gasteiger partial charge in [-0.3, -0.25) is 9.48 Å². The number of hydrogen-bond donors (Lipinski definition) is 0. The molecule has 1 amide bonds. The standard InChI is InChI=1S/C20H20N6O4/c1-25-12-13(11-21-25)19-22-18(24-30-19)15-6-3-2-4-8-26(15)20(27)14-10-17(29-23-14)16-7-5-9-28-16/h5,7,9-12,15H,2-4,6,8H2,1H3. The second-order valence-electron chi connectivity index (χ2n) is 7.28. The molecule has 1 unspecified atom stereocenters. The first-order valence-corrected chi connectivity index (χ1v) is 9.83. The summed E-state index contributed by atoms with van der Waals surface area (Å²) in [6.07, 6.45) is 8.67. The lowest BCUT2D eigenvalue weighted by Crippen LogP contribution is -2.35. The van der Waals surface area contributed by atoms with Crippen molar-refractivity contribution in [1.82, 2.24) is 30.0 Å². The van der Waals surface area contributed by atoms with Crippen molar-refractivity contribution < 1.29 is 18.3 Å². The zero-order valence-corrected chi connectivity index (χ0v) is 16.4. The minimum atomic E-state index is -0.294. The molecule has 0 spiro atoms. The summed E-state index contributed by atoms with van der Waals surface area (Å²) in [6.45, 7) is 0.587. The van der Waals surface area contributed by atoms with Gasteiger partial charge in [0.2, 0.25) is 5.76 Å². The summed E-state index contributed by atoms with van der Waals surface area (Å²) < 4.78 is 17.7. The molecule has 1 aliphatic rings. The highest BCUT2D eigenvalue weighted by atomic mass is 16.5. The van der Waals surface area contributed by atoms with Crippen LogP contribution in [0.5, 0.6) is 0 Å². The molecule has 1 atom stereocenters. The number of hydrogen-bond acceptors (Lipinski definition) is 8. The van der Waals surface area contributed by atoms with Gasteiger partial charge < -0.3 is 18.4 Å². The topological polar surface area (TPSA) is 116 Å². The van der Waals surface area contributed by atoms with Crippen molar-refractivity contribution >= 4 is 5.91 Å². The number of carbonyl (C=O) groups is 1. The zero-order valence-electron chi connectivity index (χ0n) is 16.4. The SMILES string of the molecule is Cn1cc(-c2nc(C3CCCCCN3C(=O)c3cc(-c4ccco4)on3)no2)cn1. The molecule has 1 fully saturated rings. The summed E-state index contributed by atoms with van der Waals surface area (Å²) >= 11 is 0. The predicted octanol–water partition coefficient (Wildman–Crippen LogP) is 3.48. The van der Waals surface area contributed by atoms with Gasteiger partial charge in [0.15, 0.2) is 17.3 Å². The molecule has 30 heavy (non-hydrogen) atoms. The molecule has 154 valence electrons. The molecule has 0 bridgehead atoms. The van der Waals surface area contributed by atoms with Crippen LogP contribution < -0.4 is 0 Å². The Balaban J connectivity index is 1.42. The molecule has 0 saturated carbocycles. The lowest BCUT2D eigenvalue weighted by atomic mass is 10.1. The smallest absolute Gasteiger partial charge is 0.276 e. The molecule has 5 rings (SSSR count). The third-order valence-electron chi connectivity index (χ3n) is 5.20. The van der Waals surface area contributed by atoms with Gasteiger partial charge in [-0.05, 0) is 25.0 Å². The van der Waals surface area contributed by atoms with Gasteiger partial charge in [-0.1, -0.05) is 23.2 Å². The van der Waals surface area contributed by atoms with E-state index < -0.39 is 0 Å². The Bertz CT molecular complexity index is 1140. The average molecular weight is 408 g/mol. The normalized spacial score (nSPS) is 17.2. The maximum absolute atomic E-state index is 13.3. The van der Waals surface area contributed by atoms with Gasteiger partial charge in [-0.15, -0.1) is 0 Å². The van der Waals surface area contributed by atoms with Gasteiger partial charge in [-0.25, -0.2) is 0 Å². The maximum atomic E-state index is 13.3. The van der Waals surface area contributed by atoms with Crippen LogP contribution in [0, 0.1) is 0 Å². The molecule has 5 heterocycles. The Kier molecular flexibility index (Phi) is 4.66. The molecule has 10 nitrogen and oxygen atoms in total. The molecule has 0 radical (unpaired) electrons. The fourth-order valence-electron chi connectivity index (χ4n) is 3.70. The lowest BCUT2D eigenvalue weighted by molar-refractivity contribution is 0.0659. The maximum Gasteiger partial charge on any atom is 0.276 e. The molecule has 4 aromatic heterocycles. The number of carbonyl (C=O) groups excluding carboxylic acids is 1. The highest BCUT2D eigenvalue weighted by Gasteiger charge is 2.33. The molecular weight excluding hydrogens is 388 g/mol. The Morgan fingerprint density at radius 3 is 2.90 bits per heavy atom. The molecular formula is C20H20N6O4. The van der Waals surface area contributed by atoms with Gasteiger partial charge in [0, 0.05) is 25.9 Å². The van der Waals surface area contributed by atoms with Crippen molar-refractivity contribution in [3.05, 3.63) is 48.4 Å². The zero-order chi connectivity index (χ0) is 20.5. The van der Waals surface area contributed by atoms with Crippen LogP contribution >= 0.6 is 0 Å². The molecule has 0 N–H and O–H groups in total. The van der Waals surface area contributed by atoms with Crippen LogP contribution in [-0.4, -0.2) is 42.4 Å². The van der Waals surface area contributed by atoms with E-state index in [-0.39, 0.29) is 17.6 Å². The first-order chi connectivity index (χ1) is 14.7. The average Bonchev–Trinajstić information content (AvgIpc) is 3.52. The minimum absolute atomic E-state index is 0.226. The van der Waals surface area contributed by atoms with Gasteiger partial charge in [0.05, 0.1) is 24.1 Å². The third kappa shape index (κ3) is 3.40. The van der Waals surface area contributed by atoms with Crippen LogP contribution in [0.4, 0.5) is 0 Å². The van der Waals surface area contributed by atoms with Crippen molar-refractivity contribution in [1.29, 1.82) is 0 Å². The van der Waals surface area contributed by atoms with E-state index in [1.807, 2.05) is 7.05 Å². The van der Waals surface area contributed by atoms with Crippen molar-refractivity contribution in [2.75, 3.05) is 6.54 Å². The summed E-state index contributed by atoms with van der Waals surface area (Å²) in [5.74, 6) is 1.58. The van der Waals surface area contributed by atoms with E-state index in [2.05, 4.69) is 20.4 Å². The summed E-state index contributed by atoms with van der Waals surface area (Å²) in [7, 11) is 1.82. The molecule has 0 aromatic carbocycles. The van der Waals surface area contributed by atoms with Crippen LogP contribution in [0.2, 0.25) is 0 Å². The van der Waals surface area contributed by atoms with Crippen LogP contribution in [0.15, 0.2) is 50.3 Å². The van der Waals surface area contributed by atoms with Crippen LogP contribution in [-0.2, 0) is 7.05 Å². The van der Waals surface area contributed by atoms with Gasteiger partial charge in [0.25, 0.3) is 11.8 Å². The number of likely N-dealkylation sites (tertiary alicyclic amines) is 1. The summed E-state index contributed by atoms with van der Waals surface area (Å²) in [4.78, 5) is 19.6. The summed E-state index contributed by atoms with van der Waals surface area (Å²) in [5, 5.41) is 12.3. The first kappa shape index (κ1) is 18.3. The van der Waals surface area contributed by atoms with E-state index in [1.54, 1.807) is 46.4 Å². The monoisotopic (exact) mass is 408 g/mol. The Morgan fingerprint density at radius 2 is 2.10 bits per heavy atom. The number of nitrogens with zero attached hydrogens (tertiary/aromatic N) is 6. The number of amides is 1. The quantitative estimate of drug-likeness (QED) is 0.504. The van der Waals surface area contributed by atoms with Gasteiger partial charge in [0.1, 0.15) is 0 Å². The molecule has 1 aliphatic heterocycles. The Hall–Kier alpha value is -3.69. The van der Waals surface area contributed by atoms with E-state index in [9.17, 15) is 4.79 Å². The van der Waals surface area contributed by atoms with Gasteiger partial charge >= 0.3 is 0 Å². The number of rotatable bonds is 4. The van der Waals surface area contributed by atoms with E-state index in [0.717, 1.165) is 31.2 Å². The lowest BCUT2D eigenvalue weighted by Gasteiger charge is -2.26. The van der Waals surface area contributed by atoms with Crippen molar-refractivity contribution in [2.45, 2.75) is 31.7 Å². The first-order valence-electron chi connectivity index (χ1n) is 9.83. The fraction of sp³-hybridized carbons (Fsp3) is 0.350. The minimum Gasteiger partial charge on any atom is -0.461 e. The van der Waals surface area contributed by atoms with Crippen molar-refractivity contribution in [3.63, 3.8) is 0 Å². The van der Waals surface area contributed by atoms with Crippen LogP contribution in [0.25, 0.3) is 23.0 Å². The molecule has 1 saturated heterocycles. The van der Waals surface area contributed by atoms with E-state index in [0.29, 0.717) is 29.8 Å². The molecule has 0 aliphatic carbocycles. The predicted molar refractivity (Wildman–Crippen MR) is 103 cm³/mol. The van der Waals surface area contributed by atoms with Crippen molar-refractivity contribution in [2.24, 2.45) is 7.05 Å². The number of aryl methyl sites for hydroxylation is 1. The fourth-order valence-corrected chi connectivity index (χ4v) is 3.70. The van der Waals surface area contributed by atoms with E-state index in [1.165, 1.54) is 0 Å². The summed E-state index contributed by atoms with van der Waals surface area (Å²) in [6, 6.07) is 4.81. The van der Waals surface area contributed by atoms with E-state index >= 15 is 0 Å². The molecule has 10 heteroatoms. The highest BCUT2D eigenvalue weighted by Crippen LogP contribution is 2.31. The summed E-state index contributed by atoms with van der Waals surface area (Å²) in [5.41, 5.74) is 0.964. The second-order valence-corrected chi connectivity index (χ2v) is 7.28. The van der Waals surface area contributed by atoms with Gasteiger partial charge in [-0.2, -0.15) is 10.1 Å². The molecule has 4 aromatic rings. The third-order valence-corrected chi connectivity index (χ3v) is 5.20. The second kappa shape index (κ2) is 7.62. The Labute approximate surface area is 171 Å². The Morgan fingerprint density at radius 1 is 1.17 bits per heavy atom. The highest BCUT2D eigenvalue weighted by molar-refractivity contribution is 5.93. The largest absolute Gasteiger partial charge is 0.461 e. The number of aromatic nitrogens is 5. The van der Waals surface area contributed by atoms with Crippen LogP contribution in [0.3, 0.4) is 0 Å². The number of furan rings is 1. The van der Waals surface area contributed by atoms with E-state index in [4.69, 9.17) is 13.5 Å². The van der Waals surface area contributed by atoms with Crippen molar-refractivity contribution in [3.8, 4) is 23.0 Å². The van der Waals surface area contributed by atoms with Crippen LogP contribution in [0.1, 0.15) is 48.0 Å².